The maximum Gasteiger partial charge on any atom is 0.123 e. The first-order valence-electron chi connectivity index (χ1n) is 9.08. The van der Waals surface area contributed by atoms with Crippen molar-refractivity contribution in [2.45, 2.75) is 69.7 Å². The summed E-state index contributed by atoms with van der Waals surface area (Å²) < 4.78 is 13.3. The van der Waals surface area contributed by atoms with Gasteiger partial charge in [0.05, 0.1) is 6.10 Å². The van der Waals surface area contributed by atoms with E-state index in [-0.39, 0.29) is 11.9 Å². The molecule has 0 amide bonds. The van der Waals surface area contributed by atoms with E-state index in [2.05, 4.69) is 9.80 Å². The zero-order chi connectivity index (χ0) is 16.0. The molecular formula is C19H27FN2O. The molecule has 3 fully saturated rings. The quantitative estimate of drug-likeness (QED) is 0.908. The van der Waals surface area contributed by atoms with Crippen LogP contribution < -0.4 is 4.90 Å². The lowest BCUT2D eigenvalue weighted by molar-refractivity contribution is 0.00418. The summed E-state index contributed by atoms with van der Waals surface area (Å²) in [5.74, 6) is -0.149. The highest BCUT2D eigenvalue weighted by Crippen LogP contribution is 2.39. The van der Waals surface area contributed by atoms with Crippen LogP contribution in [0.3, 0.4) is 0 Å². The minimum absolute atomic E-state index is 0.0781. The summed E-state index contributed by atoms with van der Waals surface area (Å²) in [6.07, 6.45) is 6.74. The summed E-state index contributed by atoms with van der Waals surface area (Å²) in [7, 11) is 0. The maximum atomic E-state index is 13.3. The standard InChI is InChI=1S/C19H27FN2O/c1-13-10-14(20)2-5-19(13)21-8-6-15(7-9-21)22-16-3-4-17(22)12-18(23)11-16/h2,5,10,15-18,23H,3-4,6-9,11-12H2,1H3/t16-,17+,18?. The van der Waals surface area contributed by atoms with Crippen LogP contribution in [0, 0.1) is 12.7 Å². The molecule has 0 aliphatic carbocycles. The average Bonchev–Trinajstić information content (AvgIpc) is 2.79. The second-order valence-corrected chi connectivity index (χ2v) is 7.61. The molecule has 23 heavy (non-hydrogen) atoms. The minimum atomic E-state index is -0.149. The summed E-state index contributed by atoms with van der Waals surface area (Å²) >= 11 is 0. The Labute approximate surface area is 138 Å². The SMILES string of the molecule is Cc1cc(F)ccc1N1CCC(N2[C@@H]3CC[C@H]2CC(O)C3)CC1. The second kappa shape index (κ2) is 6.06. The van der Waals surface area contributed by atoms with Crippen LogP contribution in [0.2, 0.25) is 0 Å². The molecule has 2 bridgehead atoms. The van der Waals surface area contributed by atoms with Gasteiger partial charge in [-0.05, 0) is 69.2 Å². The number of piperidine rings is 2. The van der Waals surface area contributed by atoms with E-state index in [4.69, 9.17) is 0 Å². The summed E-state index contributed by atoms with van der Waals surface area (Å²) in [4.78, 5) is 5.15. The van der Waals surface area contributed by atoms with Crippen LogP contribution in [0.4, 0.5) is 10.1 Å². The van der Waals surface area contributed by atoms with Gasteiger partial charge in [0.1, 0.15) is 5.82 Å². The molecule has 3 saturated heterocycles. The lowest BCUT2D eigenvalue weighted by atomic mass is 9.93. The van der Waals surface area contributed by atoms with E-state index in [1.54, 1.807) is 12.1 Å². The minimum Gasteiger partial charge on any atom is -0.393 e. The second-order valence-electron chi connectivity index (χ2n) is 7.61. The number of aryl methyl sites for hydroxylation is 1. The number of anilines is 1. The monoisotopic (exact) mass is 318 g/mol. The summed E-state index contributed by atoms with van der Waals surface area (Å²) in [6, 6.07) is 7.00. The average molecular weight is 318 g/mol. The highest BCUT2D eigenvalue weighted by molar-refractivity contribution is 5.53. The van der Waals surface area contributed by atoms with Crippen molar-refractivity contribution in [3.8, 4) is 0 Å². The first-order valence-corrected chi connectivity index (χ1v) is 9.08. The van der Waals surface area contributed by atoms with Gasteiger partial charge < -0.3 is 10.0 Å². The molecule has 4 heteroatoms. The molecule has 1 N–H and O–H groups in total. The van der Waals surface area contributed by atoms with Gasteiger partial charge in [-0.2, -0.15) is 0 Å². The van der Waals surface area contributed by atoms with E-state index in [1.165, 1.54) is 31.4 Å². The van der Waals surface area contributed by atoms with E-state index >= 15 is 0 Å². The number of halogens is 1. The molecular weight excluding hydrogens is 291 g/mol. The van der Waals surface area contributed by atoms with Crippen LogP contribution in [0.15, 0.2) is 18.2 Å². The molecule has 0 spiro atoms. The highest BCUT2D eigenvalue weighted by atomic mass is 19.1. The Morgan fingerprint density at radius 3 is 2.26 bits per heavy atom. The first kappa shape index (κ1) is 15.4. The van der Waals surface area contributed by atoms with E-state index < -0.39 is 0 Å². The van der Waals surface area contributed by atoms with Gasteiger partial charge in [0, 0.05) is 36.9 Å². The Kier molecular flexibility index (Phi) is 4.06. The number of aliphatic hydroxyl groups is 1. The number of hydrogen-bond acceptors (Lipinski definition) is 3. The summed E-state index contributed by atoms with van der Waals surface area (Å²) in [6.45, 7) is 4.10. The molecule has 0 aromatic heterocycles. The van der Waals surface area contributed by atoms with Gasteiger partial charge in [-0.1, -0.05) is 0 Å². The molecule has 3 atom stereocenters. The molecule has 0 saturated carbocycles. The van der Waals surface area contributed by atoms with E-state index in [9.17, 15) is 9.50 Å². The van der Waals surface area contributed by atoms with Gasteiger partial charge in [-0.25, -0.2) is 4.39 Å². The van der Waals surface area contributed by atoms with Crippen LogP contribution in [-0.2, 0) is 0 Å². The lowest BCUT2D eigenvalue weighted by Crippen LogP contribution is -2.53. The summed E-state index contributed by atoms with van der Waals surface area (Å²) in [5.41, 5.74) is 2.21. The number of rotatable bonds is 2. The van der Waals surface area contributed by atoms with Gasteiger partial charge in [0.2, 0.25) is 0 Å². The molecule has 4 rings (SSSR count). The normalized spacial score (nSPS) is 32.5. The third kappa shape index (κ3) is 2.87. The third-order valence-electron chi connectivity index (χ3n) is 6.15. The molecule has 0 radical (unpaired) electrons. The van der Waals surface area contributed by atoms with Crippen LogP contribution >= 0.6 is 0 Å². The smallest absolute Gasteiger partial charge is 0.123 e. The molecule has 3 nitrogen and oxygen atoms in total. The van der Waals surface area contributed by atoms with Gasteiger partial charge in [-0.15, -0.1) is 0 Å². The van der Waals surface area contributed by atoms with Crippen molar-refractivity contribution in [1.29, 1.82) is 0 Å². The Bertz CT molecular complexity index is 556. The van der Waals surface area contributed by atoms with Crippen molar-refractivity contribution < 1.29 is 9.50 Å². The Morgan fingerprint density at radius 1 is 1.00 bits per heavy atom. The topological polar surface area (TPSA) is 26.7 Å². The Hall–Kier alpha value is -1.13. The number of nitrogens with zero attached hydrogens (tertiary/aromatic N) is 2. The van der Waals surface area contributed by atoms with Crippen molar-refractivity contribution in [1.82, 2.24) is 4.90 Å². The van der Waals surface area contributed by atoms with Crippen molar-refractivity contribution in [3.63, 3.8) is 0 Å². The Morgan fingerprint density at radius 2 is 1.65 bits per heavy atom. The van der Waals surface area contributed by atoms with E-state index in [0.717, 1.165) is 31.5 Å². The molecule has 3 aliphatic rings. The van der Waals surface area contributed by atoms with Crippen molar-refractivity contribution in [2.75, 3.05) is 18.0 Å². The molecule has 1 aromatic rings. The van der Waals surface area contributed by atoms with Gasteiger partial charge in [0.15, 0.2) is 0 Å². The largest absolute Gasteiger partial charge is 0.393 e. The van der Waals surface area contributed by atoms with Crippen LogP contribution in [0.1, 0.15) is 44.1 Å². The predicted molar refractivity (Wildman–Crippen MR) is 90.3 cm³/mol. The predicted octanol–water partition coefficient (Wildman–Crippen LogP) is 3.09. The third-order valence-corrected chi connectivity index (χ3v) is 6.15. The molecule has 126 valence electrons. The molecule has 1 aromatic carbocycles. The van der Waals surface area contributed by atoms with E-state index in [1.807, 2.05) is 13.0 Å². The van der Waals surface area contributed by atoms with Crippen LogP contribution in [0.5, 0.6) is 0 Å². The molecule has 3 aliphatic heterocycles. The lowest BCUT2D eigenvalue weighted by Gasteiger charge is -2.46. The fraction of sp³-hybridized carbons (Fsp3) is 0.684. The van der Waals surface area contributed by atoms with Crippen LogP contribution in [-0.4, -0.2) is 47.3 Å². The van der Waals surface area contributed by atoms with Crippen molar-refractivity contribution >= 4 is 5.69 Å². The zero-order valence-electron chi connectivity index (χ0n) is 13.9. The number of hydrogen-bond donors (Lipinski definition) is 1. The highest BCUT2D eigenvalue weighted by Gasteiger charge is 2.43. The number of aliphatic hydroxyl groups excluding tert-OH is 1. The van der Waals surface area contributed by atoms with Gasteiger partial charge in [0.25, 0.3) is 0 Å². The fourth-order valence-corrected chi connectivity index (χ4v) is 5.16. The number of benzene rings is 1. The molecule has 1 unspecified atom stereocenters. The van der Waals surface area contributed by atoms with Gasteiger partial charge in [-0.3, -0.25) is 4.90 Å². The number of fused-ring (bicyclic) bond motifs is 2. The summed E-state index contributed by atoms with van der Waals surface area (Å²) in [5, 5.41) is 9.98. The first-order chi connectivity index (χ1) is 11.1. The van der Waals surface area contributed by atoms with E-state index in [0.29, 0.717) is 18.1 Å². The zero-order valence-corrected chi connectivity index (χ0v) is 13.9. The fourth-order valence-electron chi connectivity index (χ4n) is 5.16. The maximum absolute atomic E-state index is 13.3. The Balaban J connectivity index is 1.41. The van der Waals surface area contributed by atoms with Gasteiger partial charge >= 0.3 is 0 Å². The van der Waals surface area contributed by atoms with Crippen molar-refractivity contribution in [2.24, 2.45) is 0 Å². The van der Waals surface area contributed by atoms with Crippen molar-refractivity contribution in [3.05, 3.63) is 29.6 Å². The molecule has 3 heterocycles. The van der Waals surface area contributed by atoms with Crippen LogP contribution in [0.25, 0.3) is 0 Å².